The largest absolute Gasteiger partial charge is 0.326 e. The summed E-state index contributed by atoms with van der Waals surface area (Å²) >= 11 is 0. The fourth-order valence-corrected chi connectivity index (χ4v) is 3.13. The van der Waals surface area contributed by atoms with Crippen LogP contribution in [-0.2, 0) is 21.2 Å². The molecule has 128 valence electrons. The van der Waals surface area contributed by atoms with E-state index in [2.05, 4.69) is 5.32 Å². The van der Waals surface area contributed by atoms with Crippen LogP contribution in [0, 0.1) is 6.92 Å². The van der Waals surface area contributed by atoms with Crippen molar-refractivity contribution >= 4 is 21.6 Å². The van der Waals surface area contributed by atoms with E-state index in [9.17, 15) is 13.2 Å². The molecule has 0 radical (unpaired) electrons. The Balaban J connectivity index is 2.00. The molecule has 0 aromatic heterocycles. The average molecular weight is 346 g/mol. The Labute approximate surface area is 143 Å². The van der Waals surface area contributed by atoms with Crippen molar-refractivity contribution in [2.24, 2.45) is 0 Å². The molecule has 0 aliphatic rings. The van der Waals surface area contributed by atoms with E-state index < -0.39 is 10.0 Å². The number of carbonyl (C=O) groups is 1. The van der Waals surface area contributed by atoms with Crippen molar-refractivity contribution in [3.63, 3.8) is 0 Å². The van der Waals surface area contributed by atoms with Crippen LogP contribution in [0.1, 0.15) is 17.5 Å². The van der Waals surface area contributed by atoms with Crippen molar-refractivity contribution < 1.29 is 13.2 Å². The van der Waals surface area contributed by atoms with Gasteiger partial charge in [0.1, 0.15) is 0 Å². The fraction of sp³-hybridized carbons (Fsp3) is 0.278. The normalized spacial score (nSPS) is 11.5. The Kier molecular flexibility index (Phi) is 5.75. The minimum atomic E-state index is -3.51. The molecule has 2 aromatic carbocycles. The van der Waals surface area contributed by atoms with Crippen LogP contribution in [0.15, 0.2) is 53.4 Å². The lowest BCUT2D eigenvalue weighted by Gasteiger charge is -2.12. The molecule has 0 spiro atoms. The third kappa shape index (κ3) is 4.66. The second-order valence-electron chi connectivity index (χ2n) is 5.85. The standard InChI is InChI=1S/C18H22N2O3S/c1-14-7-9-15(10-8-14)11-12-18(21)19-16-5-4-6-17(13-16)24(22,23)20(2)3/h4-10,13H,11-12H2,1-3H3,(H,19,21). The van der Waals surface area contributed by atoms with Gasteiger partial charge in [-0.25, -0.2) is 12.7 Å². The number of hydrogen-bond acceptors (Lipinski definition) is 3. The molecule has 0 aliphatic carbocycles. The van der Waals surface area contributed by atoms with Crippen molar-refractivity contribution in [1.29, 1.82) is 0 Å². The Morgan fingerprint density at radius 3 is 2.38 bits per heavy atom. The summed E-state index contributed by atoms with van der Waals surface area (Å²) in [6.07, 6.45) is 0.982. The van der Waals surface area contributed by atoms with E-state index in [1.54, 1.807) is 12.1 Å². The summed E-state index contributed by atoms with van der Waals surface area (Å²) in [5, 5.41) is 2.75. The quantitative estimate of drug-likeness (QED) is 0.875. The first-order valence-electron chi connectivity index (χ1n) is 7.67. The molecule has 2 rings (SSSR count). The minimum Gasteiger partial charge on any atom is -0.326 e. The first-order chi connectivity index (χ1) is 11.3. The van der Waals surface area contributed by atoms with E-state index in [0.29, 0.717) is 18.5 Å². The zero-order valence-electron chi connectivity index (χ0n) is 14.1. The molecular formula is C18H22N2O3S. The number of carbonyl (C=O) groups excluding carboxylic acids is 1. The van der Waals surface area contributed by atoms with E-state index in [-0.39, 0.29) is 10.8 Å². The lowest BCUT2D eigenvalue weighted by atomic mass is 10.1. The predicted octanol–water partition coefficient (Wildman–Crippen LogP) is 2.82. The third-order valence-corrected chi connectivity index (χ3v) is 5.47. The van der Waals surface area contributed by atoms with Crippen LogP contribution < -0.4 is 5.32 Å². The average Bonchev–Trinajstić information content (AvgIpc) is 2.54. The van der Waals surface area contributed by atoms with Crippen LogP contribution >= 0.6 is 0 Å². The first kappa shape index (κ1) is 18.2. The molecule has 6 heteroatoms. The molecule has 0 saturated heterocycles. The molecule has 0 saturated carbocycles. The number of nitrogens with one attached hydrogen (secondary N) is 1. The van der Waals surface area contributed by atoms with Crippen LogP contribution in [0.5, 0.6) is 0 Å². The topological polar surface area (TPSA) is 66.5 Å². The number of aryl methyl sites for hydroxylation is 2. The van der Waals surface area contributed by atoms with Gasteiger partial charge in [0.25, 0.3) is 0 Å². The number of benzene rings is 2. The Hall–Kier alpha value is -2.18. The smallest absolute Gasteiger partial charge is 0.242 e. The number of hydrogen-bond donors (Lipinski definition) is 1. The van der Waals surface area contributed by atoms with Crippen molar-refractivity contribution in [1.82, 2.24) is 4.31 Å². The highest BCUT2D eigenvalue weighted by Crippen LogP contribution is 2.18. The SMILES string of the molecule is Cc1ccc(CCC(=O)Nc2cccc(S(=O)(=O)N(C)C)c2)cc1. The first-order valence-corrected chi connectivity index (χ1v) is 9.11. The summed E-state index contributed by atoms with van der Waals surface area (Å²) in [4.78, 5) is 12.2. The fourth-order valence-electron chi connectivity index (χ4n) is 2.18. The number of rotatable bonds is 6. The highest BCUT2D eigenvalue weighted by Gasteiger charge is 2.17. The van der Waals surface area contributed by atoms with E-state index >= 15 is 0 Å². The van der Waals surface area contributed by atoms with Gasteiger partial charge in [-0.15, -0.1) is 0 Å². The number of amides is 1. The molecule has 0 heterocycles. The van der Waals surface area contributed by atoms with Crippen LogP contribution in [0.2, 0.25) is 0 Å². The predicted molar refractivity (Wildman–Crippen MR) is 95.4 cm³/mol. The molecule has 0 aliphatic heterocycles. The van der Waals surface area contributed by atoms with Gasteiger partial charge in [0, 0.05) is 26.2 Å². The summed E-state index contributed by atoms with van der Waals surface area (Å²) in [5.74, 6) is -0.144. The highest BCUT2D eigenvalue weighted by atomic mass is 32.2. The van der Waals surface area contributed by atoms with Crippen molar-refractivity contribution in [2.75, 3.05) is 19.4 Å². The van der Waals surface area contributed by atoms with Crippen LogP contribution in [0.3, 0.4) is 0 Å². The summed E-state index contributed by atoms with van der Waals surface area (Å²) in [5.41, 5.74) is 2.76. The molecule has 1 N–H and O–H groups in total. The molecule has 1 amide bonds. The summed E-state index contributed by atoms with van der Waals surface area (Å²) in [7, 11) is -0.564. The second-order valence-corrected chi connectivity index (χ2v) is 8.00. The van der Waals surface area contributed by atoms with Crippen molar-refractivity contribution in [3.8, 4) is 0 Å². The number of anilines is 1. The lowest BCUT2D eigenvalue weighted by molar-refractivity contribution is -0.116. The third-order valence-electron chi connectivity index (χ3n) is 3.66. The molecule has 2 aromatic rings. The maximum Gasteiger partial charge on any atom is 0.242 e. The van der Waals surface area contributed by atoms with Gasteiger partial charge in [-0.05, 0) is 37.1 Å². The van der Waals surface area contributed by atoms with E-state index in [0.717, 1.165) is 9.87 Å². The maximum atomic E-state index is 12.1. The molecule has 0 bridgehead atoms. The molecule has 0 unspecified atom stereocenters. The van der Waals surface area contributed by atoms with Crippen molar-refractivity contribution in [2.45, 2.75) is 24.7 Å². The van der Waals surface area contributed by atoms with E-state index in [4.69, 9.17) is 0 Å². The maximum absolute atomic E-state index is 12.1. The van der Waals surface area contributed by atoms with Crippen LogP contribution in [0.25, 0.3) is 0 Å². The molecular weight excluding hydrogens is 324 g/mol. The van der Waals surface area contributed by atoms with Gasteiger partial charge in [0.15, 0.2) is 0 Å². The van der Waals surface area contributed by atoms with Gasteiger partial charge in [-0.2, -0.15) is 0 Å². The molecule has 0 atom stereocenters. The van der Waals surface area contributed by atoms with Gasteiger partial charge >= 0.3 is 0 Å². The summed E-state index contributed by atoms with van der Waals surface area (Å²) in [6, 6.07) is 14.3. The highest BCUT2D eigenvalue weighted by molar-refractivity contribution is 7.89. The number of sulfonamides is 1. The zero-order valence-corrected chi connectivity index (χ0v) is 14.9. The van der Waals surface area contributed by atoms with Gasteiger partial charge in [0.05, 0.1) is 4.90 Å². The lowest BCUT2D eigenvalue weighted by Crippen LogP contribution is -2.22. The Morgan fingerprint density at radius 1 is 1.08 bits per heavy atom. The molecule has 0 fully saturated rings. The van der Waals surface area contributed by atoms with E-state index in [1.807, 2.05) is 31.2 Å². The van der Waals surface area contributed by atoms with Gasteiger partial charge in [-0.3, -0.25) is 4.79 Å². The van der Waals surface area contributed by atoms with E-state index in [1.165, 1.54) is 31.8 Å². The summed E-state index contributed by atoms with van der Waals surface area (Å²) < 4.78 is 25.4. The zero-order chi connectivity index (χ0) is 17.7. The van der Waals surface area contributed by atoms with Gasteiger partial charge in [0.2, 0.25) is 15.9 Å². The van der Waals surface area contributed by atoms with Gasteiger partial charge in [-0.1, -0.05) is 35.9 Å². The van der Waals surface area contributed by atoms with Crippen LogP contribution in [0.4, 0.5) is 5.69 Å². The number of nitrogens with zero attached hydrogens (tertiary/aromatic N) is 1. The Bertz CT molecular complexity index is 812. The van der Waals surface area contributed by atoms with Crippen LogP contribution in [-0.4, -0.2) is 32.7 Å². The Morgan fingerprint density at radius 2 is 1.75 bits per heavy atom. The van der Waals surface area contributed by atoms with Crippen molar-refractivity contribution in [3.05, 3.63) is 59.7 Å². The monoisotopic (exact) mass is 346 g/mol. The second kappa shape index (κ2) is 7.59. The van der Waals surface area contributed by atoms with Gasteiger partial charge < -0.3 is 5.32 Å². The minimum absolute atomic E-state index is 0.144. The molecule has 24 heavy (non-hydrogen) atoms. The summed E-state index contributed by atoms with van der Waals surface area (Å²) in [6.45, 7) is 2.02. The molecule has 5 nitrogen and oxygen atoms in total.